The van der Waals surface area contributed by atoms with Gasteiger partial charge in [-0.1, -0.05) is 37.4 Å². The summed E-state index contributed by atoms with van der Waals surface area (Å²) in [5, 5.41) is 56.7. The maximum Gasteiger partial charge on any atom is 0.306 e. The smallest absolute Gasteiger partial charge is 0.306 e. The molecule has 5 N–H and O–H groups in total. The van der Waals surface area contributed by atoms with Gasteiger partial charge in [0.25, 0.3) is 0 Å². The van der Waals surface area contributed by atoms with Crippen LogP contribution in [0.15, 0.2) is 12.2 Å². The summed E-state index contributed by atoms with van der Waals surface area (Å²) >= 11 is 0.344. The van der Waals surface area contributed by atoms with E-state index in [9.17, 15) is 24.9 Å². The number of carboxylic acid groups (broad SMARTS) is 1. The summed E-state index contributed by atoms with van der Waals surface area (Å²) in [7, 11) is 0. The Bertz CT molecular complexity index is 1150. The van der Waals surface area contributed by atoms with Crippen LogP contribution >= 0.6 is 24.6 Å². The topological polar surface area (TPSA) is 218 Å². The van der Waals surface area contributed by atoms with E-state index in [2.05, 4.69) is 32.2 Å². The summed E-state index contributed by atoms with van der Waals surface area (Å²) in [6.07, 6.45) is -3.32. The van der Waals surface area contributed by atoms with E-state index in [0.29, 0.717) is 12.8 Å². The lowest BCUT2D eigenvalue weighted by molar-refractivity contribution is -0.436. The molecule has 48 heavy (non-hydrogen) atoms. The zero-order valence-corrected chi connectivity index (χ0v) is 28.7. The lowest BCUT2D eigenvalue weighted by atomic mass is 9.43. The molecule has 0 amide bonds. The Morgan fingerprint density at radius 2 is 1.73 bits per heavy atom. The molecule has 18 heteroatoms. The quantitative estimate of drug-likeness (QED) is 0.0306. The van der Waals surface area contributed by atoms with E-state index in [0.717, 1.165) is 31.3 Å². The van der Waals surface area contributed by atoms with Crippen LogP contribution in [0.4, 0.5) is 0 Å². The number of esters is 1. The number of carbonyl (C=O) groups excluding carboxylic acids is 1. The van der Waals surface area contributed by atoms with Crippen LogP contribution in [0, 0.1) is 40.4 Å². The van der Waals surface area contributed by atoms with Crippen molar-refractivity contribution in [3.8, 4) is 0 Å². The monoisotopic (exact) mass is 726 g/mol. The van der Waals surface area contributed by atoms with Gasteiger partial charge in [0.15, 0.2) is 37.0 Å². The normalized spacial score (nSPS) is 42.3. The average molecular weight is 727 g/mol. The third-order valence-electron chi connectivity index (χ3n) is 11.5. The largest absolute Gasteiger partial charge is 0.481 e. The molecule has 1 heterocycles. The van der Waals surface area contributed by atoms with Crippen molar-refractivity contribution in [3.63, 3.8) is 0 Å². The van der Waals surface area contributed by atoms with Crippen molar-refractivity contribution in [2.75, 3.05) is 6.61 Å². The number of aliphatic hydroxyl groups excluding tert-OH is 2. The average Bonchev–Trinajstić information content (AvgIpc) is 3.21. The van der Waals surface area contributed by atoms with E-state index in [4.69, 9.17) is 33.1 Å². The molecule has 1 saturated heterocycles. The molecule has 5 fully saturated rings. The van der Waals surface area contributed by atoms with Gasteiger partial charge in [-0.25, -0.2) is 10.5 Å². The van der Waals surface area contributed by atoms with Crippen LogP contribution in [0.2, 0.25) is 0 Å². The summed E-state index contributed by atoms with van der Waals surface area (Å²) in [4.78, 5) is 25.9. The van der Waals surface area contributed by atoms with Crippen LogP contribution in [0.5, 0.6) is 0 Å². The minimum absolute atomic E-state index is 0.0210. The number of carboxylic acids is 1. The van der Waals surface area contributed by atoms with E-state index in [1.165, 1.54) is 0 Å². The van der Waals surface area contributed by atoms with Gasteiger partial charge in [-0.2, -0.15) is 0 Å². The molecule has 4 aliphatic carbocycles. The highest BCUT2D eigenvalue weighted by atomic mass is 32.2. The Balaban J connectivity index is 1.46. The van der Waals surface area contributed by atoms with E-state index in [-0.39, 0.29) is 66.6 Å². The number of hydrogen-bond acceptors (Lipinski definition) is 17. The molecule has 0 aromatic heterocycles. The number of rotatable bonds is 15. The third-order valence-corrected chi connectivity index (χ3v) is 12.3. The van der Waals surface area contributed by atoms with Crippen molar-refractivity contribution in [1.29, 1.82) is 0 Å². The van der Waals surface area contributed by atoms with Gasteiger partial charge in [-0.15, -0.1) is 8.67 Å². The second-order valence-electron chi connectivity index (χ2n) is 14.4. The first-order valence-corrected chi connectivity index (χ1v) is 17.5. The first-order chi connectivity index (χ1) is 22.9. The molecule has 274 valence electrons. The fraction of sp³-hybridized carbons (Fsp3) is 0.867. The van der Waals surface area contributed by atoms with Gasteiger partial charge in [-0.05, 0) is 79.6 Å². The molecule has 1 spiro atoms. The SMILES string of the molecule is C=C1C2CCC3C4(C)CC(O[C@@H]5O[C@@H](CO)[C@@H](OSOOO)[C@H](OSOOO)C5OC(=O)CC(C)C)CC(C(=O)O)C4CCC3(C2)[C@H]1O. The number of fused-ring (bicyclic) bond motifs is 3. The summed E-state index contributed by atoms with van der Waals surface area (Å²) in [6.45, 7) is 9.34. The van der Waals surface area contributed by atoms with Crippen molar-refractivity contribution in [2.24, 2.45) is 40.4 Å². The van der Waals surface area contributed by atoms with Gasteiger partial charge in [0.1, 0.15) is 18.3 Å². The Kier molecular flexibility index (Phi) is 12.8. The number of hydrogen-bond donors (Lipinski definition) is 5. The second kappa shape index (κ2) is 16.1. The van der Waals surface area contributed by atoms with Crippen molar-refractivity contribution in [3.05, 3.63) is 12.2 Å². The fourth-order valence-electron chi connectivity index (χ4n) is 9.69. The van der Waals surface area contributed by atoms with Crippen molar-refractivity contribution < 1.29 is 76.7 Å². The van der Waals surface area contributed by atoms with Gasteiger partial charge < -0.3 is 29.5 Å². The van der Waals surface area contributed by atoms with Gasteiger partial charge in [-0.3, -0.25) is 18.0 Å². The van der Waals surface area contributed by atoms with Crippen LogP contribution in [0.1, 0.15) is 72.1 Å². The number of aliphatic carboxylic acids is 1. The minimum atomic E-state index is -1.39. The highest BCUT2D eigenvalue weighted by Crippen LogP contribution is 2.70. The summed E-state index contributed by atoms with van der Waals surface area (Å²) < 4.78 is 38.5. The minimum Gasteiger partial charge on any atom is -0.481 e. The summed E-state index contributed by atoms with van der Waals surface area (Å²) in [5.74, 6) is -2.24. The lowest BCUT2D eigenvalue weighted by Gasteiger charge is -2.62. The van der Waals surface area contributed by atoms with Crippen LogP contribution in [0.3, 0.4) is 0 Å². The molecule has 2 bridgehead atoms. The summed E-state index contributed by atoms with van der Waals surface area (Å²) in [5.41, 5.74) is -0.0143. The Morgan fingerprint density at radius 3 is 2.35 bits per heavy atom. The van der Waals surface area contributed by atoms with Gasteiger partial charge in [0.05, 0.1) is 24.7 Å². The van der Waals surface area contributed by atoms with Crippen molar-refractivity contribution >= 4 is 36.6 Å². The summed E-state index contributed by atoms with van der Waals surface area (Å²) in [6, 6.07) is 0. The molecule has 5 aliphatic rings. The highest BCUT2D eigenvalue weighted by molar-refractivity contribution is 7.90. The maximum atomic E-state index is 13.0. The zero-order chi connectivity index (χ0) is 34.8. The predicted octanol–water partition coefficient (Wildman–Crippen LogP) is 4.03. The highest BCUT2D eigenvalue weighted by Gasteiger charge is 2.67. The molecule has 0 radical (unpaired) electrons. The van der Waals surface area contributed by atoms with Crippen LogP contribution in [-0.2, 0) is 50.9 Å². The Hall–Kier alpha value is -1.10. The Labute approximate surface area is 287 Å². The first-order valence-electron chi connectivity index (χ1n) is 16.2. The molecule has 0 aromatic rings. The Morgan fingerprint density at radius 1 is 1.04 bits per heavy atom. The standard InChI is InChI=1S/C30H46O16S2/c1-14(2)9-22(32)40-25-24(42-48-46-44-37)23(41-47-45-43-36)20(13-31)39-28(25)38-17-10-18(27(34)35)19-7-8-30-11-16(15(3)26(30)33)5-6-21(30)29(19,4)12-17/h14,16-21,23-26,28,31,33,36-37H,3,5-13H2,1-2,4H3,(H,34,35)/t16?,17?,18?,19?,20-,21?,23+,24-,25?,26-,28+,29?,30?/m0/s1. The lowest BCUT2D eigenvalue weighted by Crippen LogP contribution is -2.63. The van der Waals surface area contributed by atoms with E-state index >= 15 is 0 Å². The van der Waals surface area contributed by atoms with Gasteiger partial charge in [0, 0.05) is 11.8 Å². The molecular weight excluding hydrogens is 680 g/mol. The zero-order valence-electron chi connectivity index (χ0n) is 27.0. The van der Waals surface area contributed by atoms with Crippen LogP contribution in [0.25, 0.3) is 0 Å². The van der Waals surface area contributed by atoms with E-state index in [1.807, 2.05) is 13.8 Å². The van der Waals surface area contributed by atoms with Gasteiger partial charge >= 0.3 is 11.9 Å². The molecule has 1 aliphatic heterocycles. The molecule has 0 aromatic carbocycles. The fourth-order valence-corrected chi connectivity index (χ4v) is 10.4. The molecule has 5 rings (SSSR count). The predicted molar refractivity (Wildman–Crippen MR) is 164 cm³/mol. The second-order valence-corrected chi connectivity index (χ2v) is 15.3. The van der Waals surface area contributed by atoms with Crippen molar-refractivity contribution in [1.82, 2.24) is 0 Å². The molecule has 8 unspecified atom stereocenters. The van der Waals surface area contributed by atoms with E-state index < -0.39 is 72.8 Å². The van der Waals surface area contributed by atoms with Crippen LogP contribution in [-0.4, -0.2) is 87.3 Å². The first kappa shape index (κ1) is 38.1. The number of ether oxygens (including phenoxy) is 3. The molecule has 16 nitrogen and oxygen atoms in total. The van der Waals surface area contributed by atoms with E-state index in [1.54, 1.807) is 0 Å². The van der Waals surface area contributed by atoms with Crippen molar-refractivity contribution in [2.45, 2.75) is 115 Å². The molecule has 4 saturated carbocycles. The molecular formula is C30H46O16S2. The number of carbonyl (C=O) groups is 2. The van der Waals surface area contributed by atoms with Gasteiger partial charge in [0.2, 0.25) is 0 Å². The molecule has 13 atom stereocenters. The third kappa shape index (κ3) is 7.43. The van der Waals surface area contributed by atoms with Crippen LogP contribution < -0.4 is 0 Å². The maximum absolute atomic E-state index is 13.0. The number of aliphatic hydroxyl groups is 2.